The van der Waals surface area contributed by atoms with Crippen LogP contribution in [0.25, 0.3) is 0 Å². The fraction of sp³-hybridized carbons (Fsp3) is 0.591. The van der Waals surface area contributed by atoms with Crippen molar-refractivity contribution in [2.24, 2.45) is 0 Å². The Hall–Kier alpha value is -3.18. The largest absolute Gasteiger partial charge is 0.507 e. The minimum Gasteiger partial charge on any atom is -0.507 e. The summed E-state index contributed by atoms with van der Waals surface area (Å²) in [6.45, 7) is 33.0. The summed E-state index contributed by atoms with van der Waals surface area (Å²) in [6, 6.07) is 13.1. The Morgan fingerprint density at radius 1 is 0.472 bits per heavy atom. The van der Waals surface area contributed by atoms with Crippen LogP contribution in [0.4, 0.5) is 0 Å². The molecule has 1 atom stereocenters. The molecule has 0 fully saturated rings. The number of nitrogens with one attached hydrogen (secondary N) is 1. The van der Waals surface area contributed by atoms with Crippen molar-refractivity contribution >= 4 is 0 Å². The van der Waals surface area contributed by atoms with Gasteiger partial charge in [0.1, 0.15) is 23.8 Å². The van der Waals surface area contributed by atoms with E-state index in [0.29, 0.717) is 56.5 Å². The first-order chi connectivity index (χ1) is 25.4. The molecule has 0 aromatic heterocycles. The third kappa shape index (κ3) is 10.5. The minimum absolute atomic E-state index is 0.314. The lowest BCUT2D eigenvalue weighted by Crippen LogP contribution is -2.47. The van der Waals surface area contributed by atoms with Gasteiger partial charge in [0.2, 0.25) is 0 Å². The Labute approximate surface area is 321 Å². The molecule has 0 saturated heterocycles. The maximum atomic E-state index is 11.9. The second-order valence-electron chi connectivity index (χ2n) is 14.4. The number of hydrogen-bond acceptors (Lipinski definition) is 8. The van der Waals surface area contributed by atoms with Gasteiger partial charge in [0, 0.05) is 71.5 Å². The van der Waals surface area contributed by atoms with Crippen LogP contribution in [0, 0.1) is 0 Å². The van der Waals surface area contributed by atoms with Crippen LogP contribution < -0.4 is 11.1 Å². The SMILES string of the molecule is CCNCc1cc([C@](C)(c2cc(C[NH3+])c(O)c(CN(CC)CC)c2)c2cc(CN(CC)CC)c(O)c(CN(CC)CC)c2)cc(CN(CC)CC)c1O. The van der Waals surface area contributed by atoms with Gasteiger partial charge in [-0.25, -0.2) is 0 Å². The van der Waals surface area contributed by atoms with E-state index in [0.717, 1.165) is 109 Å². The highest BCUT2D eigenvalue weighted by molar-refractivity contribution is 5.60. The number of phenolic OH excluding ortho intramolecular Hbond substituents is 3. The van der Waals surface area contributed by atoms with Crippen molar-refractivity contribution in [1.29, 1.82) is 0 Å². The highest BCUT2D eigenvalue weighted by atomic mass is 16.3. The van der Waals surface area contributed by atoms with Gasteiger partial charge in [-0.05, 0) is 119 Å². The van der Waals surface area contributed by atoms with Gasteiger partial charge in [-0.1, -0.05) is 62.3 Å². The van der Waals surface area contributed by atoms with Crippen LogP contribution in [0.5, 0.6) is 17.2 Å². The zero-order valence-corrected chi connectivity index (χ0v) is 34.9. The fourth-order valence-corrected chi connectivity index (χ4v) is 7.47. The van der Waals surface area contributed by atoms with Crippen molar-refractivity contribution in [3.05, 3.63) is 86.5 Å². The van der Waals surface area contributed by atoms with E-state index in [4.69, 9.17) is 0 Å². The van der Waals surface area contributed by atoms with Crippen LogP contribution in [0.3, 0.4) is 0 Å². The fourth-order valence-electron chi connectivity index (χ4n) is 7.47. The van der Waals surface area contributed by atoms with Crippen LogP contribution in [-0.4, -0.2) is 93.8 Å². The van der Waals surface area contributed by atoms with Gasteiger partial charge >= 0.3 is 0 Å². The van der Waals surface area contributed by atoms with Crippen molar-refractivity contribution < 1.29 is 21.1 Å². The normalized spacial score (nSPS) is 13.2. The van der Waals surface area contributed by atoms with Gasteiger partial charge in [-0.2, -0.15) is 0 Å². The molecule has 0 bridgehead atoms. The lowest BCUT2D eigenvalue weighted by molar-refractivity contribution is -0.386. The standard InChI is InChI=1S/C44H72N6O3/c1-11-46-27-33-21-39(23-35(42(33)52)29-48(14-4)15-5)44(10,38-20-32(26-45)41(51)34(22-38)28-47(12-2)13-3)40-24-36(30-49(16-6)17-7)43(53)37(25-40)31-50(18-8)19-9/h20-25,46,51-53H,11-19,26-31,45H2,1-10H3/p+1/t44-/m0/s1. The first-order valence-electron chi connectivity index (χ1n) is 20.4. The molecule has 3 rings (SSSR count). The average Bonchev–Trinajstić information content (AvgIpc) is 3.18. The Morgan fingerprint density at radius 2 is 0.736 bits per heavy atom. The summed E-state index contributed by atoms with van der Waals surface area (Å²) in [7, 11) is 0. The molecule has 0 aliphatic carbocycles. The first kappa shape index (κ1) is 44.2. The number of aromatic hydroxyl groups is 3. The summed E-state index contributed by atoms with van der Waals surface area (Å²) in [5.41, 5.74) is 12.0. The predicted octanol–water partition coefficient (Wildman–Crippen LogP) is 6.38. The van der Waals surface area contributed by atoms with E-state index in [1.54, 1.807) is 0 Å². The van der Waals surface area contributed by atoms with Crippen LogP contribution >= 0.6 is 0 Å². The van der Waals surface area contributed by atoms with Gasteiger partial charge < -0.3 is 26.4 Å². The van der Waals surface area contributed by atoms with Crippen LogP contribution in [0.2, 0.25) is 0 Å². The van der Waals surface area contributed by atoms with E-state index >= 15 is 0 Å². The third-order valence-electron chi connectivity index (χ3n) is 11.5. The van der Waals surface area contributed by atoms with Crippen molar-refractivity contribution in [2.75, 3.05) is 58.9 Å². The maximum Gasteiger partial charge on any atom is 0.128 e. The number of rotatable bonds is 23. The number of hydrogen-bond donors (Lipinski definition) is 5. The summed E-state index contributed by atoms with van der Waals surface area (Å²) in [6.07, 6.45) is 0. The lowest BCUT2D eigenvalue weighted by atomic mass is 9.68. The highest BCUT2D eigenvalue weighted by Gasteiger charge is 2.36. The third-order valence-corrected chi connectivity index (χ3v) is 11.5. The van der Waals surface area contributed by atoms with Crippen LogP contribution in [-0.2, 0) is 44.7 Å². The summed E-state index contributed by atoms with van der Waals surface area (Å²) in [5, 5.41) is 38.8. The molecule has 0 saturated carbocycles. The van der Waals surface area contributed by atoms with Crippen LogP contribution in [0.1, 0.15) is 119 Å². The Kier molecular flexibility index (Phi) is 17.6. The molecule has 0 amide bonds. The zero-order chi connectivity index (χ0) is 39.3. The molecule has 0 spiro atoms. The van der Waals surface area contributed by atoms with Gasteiger partial charge in [-0.15, -0.1) is 0 Å². The predicted molar refractivity (Wildman–Crippen MR) is 220 cm³/mol. The summed E-state index contributed by atoms with van der Waals surface area (Å²) >= 11 is 0. The molecule has 7 N–H and O–H groups in total. The molecule has 9 nitrogen and oxygen atoms in total. The van der Waals surface area contributed by atoms with E-state index in [1.807, 2.05) is 0 Å². The molecule has 9 heteroatoms. The van der Waals surface area contributed by atoms with E-state index in [-0.39, 0.29) is 0 Å². The Morgan fingerprint density at radius 3 is 1.02 bits per heavy atom. The number of benzene rings is 3. The molecule has 3 aromatic carbocycles. The van der Waals surface area contributed by atoms with Gasteiger partial charge in [-0.3, -0.25) is 19.6 Å². The molecular formula is C44H73N6O3+. The van der Waals surface area contributed by atoms with E-state index in [2.05, 4.69) is 136 Å². The molecule has 296 valence electrons. The second kappa shape index (κ2) is 21.1. The van der Waals surface area contributed by atoms with Gasteiger partial charge in [0.15, 0.2) is 0 Å². The average molecular weight is 734 g/mol. The summed E-state index contributed by atoms with van der Waals surface area (Å²) in [5.74, 6) is 1.02. The molecule has 0 unspecified atom stereocenters. The van der Waals surface area contributed by atoms with Crippen LogP contribution in [0.15, 0.2) is 36.4 Å². The Bertz CT molecular complexity index is 1540. The number of nitrogens with zero attached hydrogens (tertiary/aromatic N) is 4. The molecule has 53 heavy (non-hydrogen) atoms. The molecule has 0 aliphatic heterocycles. The molecule has 0 heterocycles. The smallest absolute Gasteiger partial charge is 0.128 e. The highest BCUT2D eigenvalue weighted by Crippen LogP contribution is 2.45. The Balaban J connectivity index is 2.57. The summed E-state index contributed by atoms with van der Waals surface area (Å²) in [4.78, 5) is 9.35. The van der Waals surface area contributed by atoms with Crippen molar-refractivity contribution in [2.45, 2.75) is 114 Å². The van der Waals surface area contributed by atoms with Crippen molar-refractivity contribution in [3.8, 4) is 17.2 Å². The first-order valence-corrected chi connectivity index (χ1v) is 20.4. The van der Waals surface area contributed by atoms with Crippen molar-refractivity contribution in [3.63, 3.8) is 0 Å². The second-order valence-corrected chi connectivity index (χ2v) is 14.4. The molecular weight excluding hydrogens is 661 g/mol. The van der Waals surface area contributed by atoms with Gasteiger partial charge in [0.05, 0.1) is 0 Å². The minimum atomic E-state index is -0.730. The van der Waals surface area contributed by atoms with E-state index in [9.17, 15) is 15.3 Å². The van der Waals surface area contributed by atoms with Crippen molar-refractivity contribution in [1.82, 2.24) is 24.9 Å². The number of quaternary nitrogens is 1. The molecule has 0 radical (unpaired) electrons. The van der Waals surface area contributed by atoms with E-state index < -0.39 is 5.41 Å². The zero-order valence-electron chi connectivity index (χ0n) is 34.9. The molecule has 3 aromatic rings. The van der Waals surface area contributed by atoms with E-state index in [1.165, 1.54) is 0 Å². The topological polar surface area (TPSA) is 113 Å². The lowest BCUT2D eigenvalue weighted by Gasteiger charge is -2.36. The number of phenols is 3. The van der Waals surface area contributed by atoms with Gasteiger partial charge in [0.25, 0.3) is 0 Å². The summed E-state index contributed by atoms with van der Waals surface area (Å²) < 4.78 is 0. The monoisotopic (exact) mass is 734 g/mol. The maximum absolute atomic E-state index is 11.9. The molecule has 0 aliphatic rings. The quantitative estimate of drug-likeness (QED) is 0.0715.